The molecule has 0 atom stereocenters. The Hall–Kier alpha value is -1.62. The highest BCUT2D eigenvalue weighted by molar-refractivity contribution is 5.85. The molecule has 0 spiro atoms. The Morgan fingerprint density at radius 3 is 2.81 bits per heavy atom. The van der Waals surface area contributed by atoms with Gasteiger partial charge in [0.15, 0.2) is 0 Å². The van der Waals surface area contributed by atoms with Crippen LogP contribution in [-0.2, 0) is 5.92 Å². The van der Waals surface area contributed by atoms with Crippen LogP contribution in [0.2, 0.25) is 0 Å². The van der Waals surface area contributed by atoms with E-state index in [1.54, 1.807) is 18.2 Å². The molecule has 1 aromatic carbocycles. The fraction of sp³-hybridized carbons (Fsp3) is 0.273. The Kier molecular flexibility index (Phi) is 2.55. The Bertz CT molecular complexity index is 508. The first-order valence-corrected chi connectivity index (χ1v) is 4.82. The van der Waals surface area contributed by atoms with Gasteiger partial charge in [-0.15, -0.1) is 0 Å². The number of nitrogens with one attached hydrogen (secondary N) is 1. The van der Waals surface area contributed by atoms with Gasteiger partial charge in [-0.3, -0.25) is 0 Å². The molecule has 3 nitrogen and oxygen atoms in total. The molecular formula is C11H12F2N2O. The van der Waals surface area contributed by atoms with Crippen molar-refractivity contribution in [2.75, 3.05) is 13.7 Å². The van der Waals surface area contributed by atoms with E-state index in [-0.39, 0.29) is 5.56 Å². The second-order valence-electron chi connectivity index (χ2n) is 3.52. The van der Waals surface area contributed by atoms with Crippen molar-refractivity contribution in [3.05, 3.63) is 30.0 Å². The van der Waals surface area contributed by atoms with E-state index < -0.39 is 12.5 Å². The fourth-order valence-corrected chi connectivity index (χ4v) is 1.64. The van der Waals surface area contributed by atoms with Gasteiger partial charge in [0.25, 0.3) is 5.92 Å². The molecule has 0 saturated heterocycles. The molecule has 16 heavy (non-hydrogen) atoms. The molecule has 0 aliphatic carbocycles. The maximum absolute atomic E-state index is 13.5. The van der Waals surface area contributed by atoms with Crippen LogP contribution in [0, 0.1) is 0 Å². The third-order valence-electron chi connectivity index (χ3n) is 2.54. The summed E-state index contributed by atoms with van der Waals surface area (Å²) in [6, 6.07) is 4.98. The molecule has 0 saturated carbocycles. The van der Waals surface area contributed by atoms with Gasteiger partial charge in [0.2, 0.25) is 0 Å². The molecule has 0 amide bonds. The van der Waals surface area contributed by atoms with Crippen LogP contribution < -0.4 is 10.5 Å². The van der Waals surface area contributed by atoms with E-state index in [9.17, 15) is 8.78 Å². The van der Waals surface area contributed by atoms with Gasteiger partial charge in [-0.05, 0) is 18.2 Å². The van der Waals surface area contributed by atoms with Crippen molar-refractivity contribution in [1.29, 1.82) is 0 Å². The number of methoxy groups -OCH3 is 1. The number of H-pyrrole nitrogens is 1. The van der Waals surface area contributed by atoms with E-state index >= 15 is 0 Å². The lowest BCUT2D eigenvalue weighted by Gasteiger charge is -2.12. The minimum Gasteiger partial charge on any atom is -0.497 e. The molecule has 0 bridgehead atoms. The number of halogens is 2. The summed E-state index contributed by atoms with van der Waals surface area (Å²) in [4.78, 5) is 2.79. The molecule has 5 heteroatoms. The molecule has 1 heterocycles. The summed E-state index contributed by atoms with van der Waals surface area (Å²) in [6.45, 7) is -0.711. The minimum absolute atomic E-state index is 0.0936. The lowest BCUT2D eigenvalue weighted by molar-refractivity contribution is 0.00754. The van der Waals surface area contributed by atoms with Crippen molar-refractivity contribution in [2.45, 2.75) is 5.92 Å². The number of benzene rings is 1. The average Bonchev–Trinajstić information content (AvgIpc) is 2.72. The first-order chi connectivity index (χ1) is 7.58. The van der Waals surface area contributed by atoms with Crippen molar-refractivity contribution < 1.29 is 13.5 Å². The van der Waals surface area contributed by atoms with E-state index in [1.807, 2.05) is 0 Å². The Balaban J connectivity index is 2.62. The summed E-state index contributed by atoms with van der Waals surface area (Å²) in [7, 11) is 1.49. The molecule has 3 N–H and O–H groups in total. The van der Waals surface area contributed by atoms with E-state index in [1.165, 1.54) is 13.3 Å². The van der Waals surface area contributed by atoms with Gasteiger partial charge >= 0.3 is 0 Å². The van der Waals surface area contributed by atoms with E-state index in [0.29, 0.717) is 16.7 Å². The van der Waals surface area contributed by atoms with Crippen molar-refractivity contribution in [1.82, 2.24) is 4.98 Å². The van der Waals surface area contributed by atoms with E-state index in [0.717, 1.165) is 0 Å². The molecule has 0 fully saturated rings. The molecule has 1 aromatic heterocycles. The molecular weight excluding hydrogens is 214 g/mol. The first-order valence-electron chi connectivity index (χ1n) is 4.82. The predicted molar refractivity (Wildman–Crippen MR) is 57.8 cm³/mol. The van der Waals surface area contributed by atoms with Gasteiger partial charge in [0.1, 0.15) is 5.75 Å². The number of ether oxygens (including phenoxy) is 1. The lowest BCUT2D eigenvalue weighted by Crippen LogP contribution is -2.24. The molecule has 0 aliphatic heterocycles. The van der Waals surface area contributed by atoms with Gasteiger partial charge in [-0.1, -0.05) is 0 Å². The summed E-state index contributed by atoms with van der Waals surface area (Å²) in [5, 5.41) is 0.440. The van der Waals surface area contributed by atoms with Crippen molar-refractivity contribution in [3.8, 4) is 5.75 Å². The normalized spacial score (nSPS) is 12.0. The number of aromatic amines is 1. The second kappa shape index (κ2) is 3.75. The number of hydrogen-bond donors (Lipinski definition) is 2. The van der Waals surface area contributed by atoms with Crippen LogP contribution in [0.1, 0.15) is 5.56 Å². The molecule has 86 valence electrons. The van der Waals surface area contributed by atoms with Gasteiger partial charge in [-0.25, -0.2) is 0 Å². The topological polar surface area (TPSA) is 51.0 Å². The number of fused-ring (bicyclic) bond motifs is 1. The molecule has 2 aromatic rings. The molecule has 0 aliphatic rings. The number of nitrogens with two attached hydrogens (primary N) is 1. The second-order valence-corrected chi connectivity index (χ2v) is 3.52. The number of rotatable bonds is 3. The van der Waals surface area contributed by atoms with Crippen LogP contribution in [0.15, 0.2) is 24.4 Å². The quantitative estimate of drug-likeness (QED) is 0.843. The summed E-state index contributed by atoms with van der Waals surface area (Å²) >= 11 is 0. The Morgan fingerprint density at radius 2 is 2.19 bits per heavy atom. The van der Waals surface area contributed by atoms with Gasteiger partial charge in [0.05, 0.1) is 13.7 Å². The Labute approximate surface area is 91.2 Å². The zero-order valence-electron chi connectivity index (χ0n) is 8.76. The van der Waals surface area contributed by atoms with Crippen LogP contribution in [-0.4, -0.2) is 18.6 Å². The van der Waals surface area contributed by atoms with Crippen molar-refractivity contribution in [2.24, 2.45) is 5.73 Å². The summed E-state index contributed by atoms with van der Waals surface area (Å²) in [6.07, 6.45) is 1.29. The number of hydrogen-bond acceptors (Lipinski definition) is 2. The van der Waals surface area contributed by atoms with Crippen LogP contribution in [0.5, 0.6) is 5.75 Å². The third kappa shape index (κ3) is 1.63. The van der Waals surface area contributed by atoms with Gasteiger partial charge in [-0.2, -0.15) is 8.78 Å². The SMILES string of the molecule is COc1ccc2[nH]cc(C(F)(F)CN)c2c1. The lowest BCUT2D eigenvalue weighted by atomic mass is 10.1. The zero-order chi connectivity index (χ0) is 11.8. The van der Waals surface area contributed by atoms with E-state index in [4.69, 9.17) is 10.5 Å². The monoisotopic (exact) mass is 226 g/mol. The fourth-order valence-electron chi connectivity index (χ4n) is 1.64. The van der Waals surface area contributed by atoms with Crippen molar-refractivity contribution in [3.63, 3.8) is 0 Å². The van der Waals surface area contributed by atoms with E-state index in [2.05, 4.69) is 4.98 Å². The predicted octanol–water partition coefficient (Wildman–Crippen LogP) is 2.23. The summed E-state index contributed by atoms with van der Waals surface area (Å²) in [5.41, 5.74) is 5.61. The van der Waals surface area contributed by atoms with Crippen LogP contribution >= 0.6 is 0 Å². The molecule has 0 unspecified atom stereocenters. The minimum atomic E-state index is -3.02. The van der Waals surface area contributed by atoms with Crippen LogP contribution in [0.4, 0.5) is 8.78 Å². The summed E-state index contributed by atoms with van der Waals surface area (Å²) < 4.78 is 32.0. The van der Waals surface area contributed by atoms with Crippen LogP contribution in [0.25, 0.3) is 10.9 Å². The highest BCUT2D eigenvalue weighted by atomic mass is 19.3. The maximum atomic E-state index is 13.5. The largest absolute Gasteiger partial charge is 0.497 e. The molecule has 0 radical (unpaired) electrons. The molecule has 2 rings (SSSR count). The third-order valence-corrected chi connectivity index (χ3v) is 2.54. The highest BCUT2D eigenvalue weighted by Gasteiger charge is 2.32. The summed E-state index contributed by atoms with van der Waals surface area (Å²) in [5.74, 6) is -2.48. The van der Waals surface area contributed by atoms with Gasteiger partial charge < -0.3 is 15.5 Å². The smallest absolute Gasteiger partial charge is 0.287 e. The Morgan fingerprint density at radius 1 is 1.44 bits per heavy atom. The standard InChI is InChI=1S/C11H12F2N2O/c1-16-7-2-3-10-8(4-7)9(5-15-10)11(12,13)6-14/h2-5,15H,6,14H2,1H3. The highest BCUT2D eigenvalue weighted by Crippen LogP contribution is 2.34. The number of aromatic nitrogens is 1. The number of alkyl halides is 2. The first kappa shape index (κ1) is 10.9. The maximum Gasteiger partial charge on any atom is 0.287 e. The van der Waals surface area contributed by atoms with Crippen LogP contribution in [0.3, 0.4) is 0 Å². The average molecular weight is 226 g/mol. The van der Waals surface area contributed by atoms with Gasteiger partial charge in [0, 0.05) is 22.7 Å². The van der Waals surface area contributed by atoms with Crippen molar-refractivity contribution >= 4 is 10.9 Å². The zero-order valence-corrected chi connectivity index (χ0v) is 8.76.